The third-order valence-electron chi connectivity index (χ3n) is 7.49. The van der Waals surface area contributed by atoms with Crippen molar-refractivity contribution in [2.24, 2.45) is 11.8 Å². The molecule has 1 saturated carbocycles. The number of alkyl halides is 2. The number of carbonyl (C=O) groups excluding carboxylic acids is 1. The Kier molecular flexibility index (Phi) is 7.74. The zero-order valence-electron chi connectivity index (χ0n) is 22.6. The van der Waals surface area contributed by atoms with Gasteiger partial charge in [-0.2, -0.15) is 4.31 Å². The van der Waals surface area contributed by atoms with E-state index in [0.29, 0.717) is 44.3 Å². The zero-order chi connectivity index (χ0) is 27.2. The van der Waals surface area contributed by atoms with Crippen LogP contribution in [0.4, 0.5) is 8.78 Å². The molecule has 1 atom stereocenters. The number of nitrogens with one attached hydrogen (secondary N) is 1. The summed E-state index contributed by atoms with van der Waals surface area (Å²) in [5.41, 5.74) is 1.09. The number of nitrogens with zero attached hydrogens (tertiary/aromatic N) is 3. The molecule has 2 fully saturated rings. The fourth-order valence-electron chi connectivity index (χ4n) is 5.49. The average molecular weight is 539 g/mol. The van der Waals surface area contributed by atoms with Crippen LogP contribution in [0.5, 0.6) is 0 Å². The summed E-state index contributed by atoms with van der Waals surface area (Å²) in [6.45, 7) is 11.0. The first-order valence-corrected chi connectivity index (χ1v) is 14.8. The van der Waals surface area contributed by atoms with Gasteiger partial charge >= 0.3 is 0 Å². The summed E-state index contributed by atoms with van der Waals surface area (Å²) >= 11 is 0. The average Bonchev–Trinajstić information content (AvgIpc) is 3.18. The van der Waals surface area contributed by atoms with Crippen molar-refractivity contribution in [3.8, 4) is 0 Å². The number of halogens is 2. The molecule has 2 heterocycles. The van der Waals surface area contributed by atoms with E-state index in [1.165, 1.54) is 4.31 Å². The van der Waals surface area contributed by atoms with E-state index in [-0.39, 0.29) is 53.5 Å². The number of hydrogen-bond acceptors (Lipinski definition) is 4. The summed E-state index contributed by atoms with van der Waals surface area (Å²) in [6.07, 6.45) is 2.02. The first-order chi connectivity index (χ1) is 17.2. The molecule has 10 heteroatoms. The topological polar surface area (TPSA) is 84.3 Å². The maximum atomic E-state index is 13.7. The minimum Gasteiger partial charge on any atom is -0.354 e. The van der Waals surface area contributed by atoms with Crippen LogP contribution in [0.1, 0.15) is 79.0 Å². The number of benzene rings is 1. The number of carbonyl (C=O) groups is 1. The lowest BCUT2D eigenvalue weighted by atomic mass is 9.86. The molecule has 37 heavy (non-hydrogen) atoms. The molecule has 2 aromatic rings. The lowest BCUT2D eigenvalue weighted by molar-refractivity contribution is -0.126. The lowest BCUT2D eigenvalue weighted by Gasteiger charge is -2.31. The van der Waals surface area contributed by atoms with E-state index in [1.807, 2.05) is 34.6 Å². The molecule has 0 spiro atoms. The number of amides is 1. The molecule has 1 aromatic carbocycles. The van der Waals surface area contributed by atoms with Gasteiger partial charge in [0.15, 0.2) is 0 Å². The number of fused-ring (bicyclic) bond motifs is 1. The van der Waals surface area contributed by atoms with E-state index in [9.17, 15) is 22.0 Å². The van der Waals surface area contributed by atoms with Gasteiger partial charge in [0.25, 0.3) is 0 Å². The molecule has 1 aliphatic heterocycles. The Bertz CT molecular complexity index is 1240. The molecule has 7 nitrogen and oxygen atoms in total. The van der Waals surface area contributed by atoms with Crippen LogP contribution in [0.15, 0.2) is 23.1 Å². The second-order valence-electron chi connectivity index (χ2n) is 12.1. The Morgan fingerprint density at radius 3 is 2.49 bits per heavy atom. The molecule has 1 saturated heterocycles. The van der Waals surface area contributed by atoms with Crippen molar-refractivity contribution in [3.63, 3.8) is 0 Å². The highest BCUT2D eigenvalue weighted by molar-refractivity contribution is 7.89. The van der Waals surface area contributed by atoms with Crippen molar-refractivity contribution in [2.45, 2.75) is 102 Å². The Balaban J connectivity index is 1.62. The maximum Gasteiger partial charge on any atom is 0.248 e. The number of hydrogen-bond donors (Lipinski definition) is 1. The minimum atomic E-state index is -3.81. The number of aromatic nitrogens is 2. The van der Waals surface area contributed by atoms with E-state index in [4.69, 9.17) is 4.98 Å². The van der Waals surface area contributed by atoms with Gasteiger partial charge < -0.3 is 9.88 Å². The number of piperidine rings is 1. The molecule has 1 N–H and O–H groups in total. The number of rotatable bonds is 6. The van der Waals surface area contributed by atoms with Crippen molar-refractivity contribution >= 4 is 27.0 Å². The van der Waals surface area contributed by atoms with E-state index >= 15 is 0 Å². The van der Waals surface area contributed by atoms with Crippen LogP contribution in [0, 0.1) is 11.8 Å². The maximum absolute atomic E-state index is 13.7. The van der Waals surface area contributed by atoms with Gasteiger partial charge in [-0.25, -0.2) is 22.2 Å². The Morgan fingerprint density at radius 1 is 1.19 bits per heavy atom. The van der Waals surface area contributed by atoms with Gasteiger partial charge in [-0.15, -0.1) is 0 Å². The molecule has 4 rings (SSSR count). The summed E-state index contributed by atoms with van der Waals surface area (Å²) < 4.78 is 58.1. The molecule has 1 amide bonds. The fraction of sp³-hybridized carbons (Fsp3) is 0.704. The SMILES string of the molecule is CC(C)NC(=O)[C@H]1CCCN(S(=O)(=O)c2ccc3c(c2)nc(C(C)(C)C)n3CC2CCC(F)(F)CC2)C1. The van der Waals surface area contributed by atoms with Gasteiger partial charge in [-0.3, -0.25) is 4.79 Å². The van der Waals surface area contributed by atoms with Crippen LogP contribution in [-0.4, -0.2) is 53.2 Å². The fourth-order valence-corrected chi connectivity index (χ4v) is 7.04. The summed E-state index contributed by atoms with van der Waals surface area (Å²) in [5.74, 6) is -2.11. The van der Waals surface area contributed by atoms with Crippen molar-refractivity contribution < 1.29 is 22.0 Å². The van der Waals surface area contributed by atoms with Gasteiger partial charge in [0.2, 0.25) is 21.9 Å². The van der Waals surface area contributed by atoms with Crippen LogP contribution in [-0.2, 0) is 26.8 Å². The zero-order valence-corrected chi connectivity index (χ0v) is 23.4. The highest BCUT2D eigenvalue weighted by Crippen LogP contribution is 2.38. The van der Waals surface area contributed by atoms with Crippen LogP contribution in [0.3, 0.4) is 0 Å². The van der Waals surface area contributed by atoms with Crippen molar-refractivity contribution in [1.82, 2.24) is 19.2 Å². The van der Waals surface area contributed by atoms with E-state index in [0.717, 1.165) is 11.3 Å². The summed E-state index contributed by atoms with van der Waals surface area (Å²) in [6, 6.07) is 5.01. The lowest BCUT2D eigenvalue weighted by Crippen LogP contribution is -2.46. The third-order valence-corrected chi connectivity index (χ3v) is 9.35. The molecule has 0 bridgehead atoms. The van der Waals surface area contributed by atoms with E-state index in [2.05, 4.69) is 9.88 Å². The molecule has 1 aromatic heterocycles. The van der Waals surface area contributed by atoms with Crippen molar-refractivity contribution in [2.75, 3.05) is 13.1 Å². The van der Waals surface area contributed by atoms with Crippen LogP contribution in [0.2, 0.25) is 0 Å². The summed E-state index contributed by atoms with van der Waals surface area (Å²) in [7, 11) is -3.81. The van der Waals surface area contributed by atoms with E-state index < -0.39 is 15.9 Å². The second-order valence-corrected chi connectivity index (χ2v) is 14.0. The molecular formula is C27H40F2N4O3S. The summed E-state index contributed by atoms with van der Waals surface area (Å²) in [5, 5.41) is 2.89. The predicted octanol–water partition coefficient (Wildman–Crippen LogP) is 5.08. The van der Waals surface area contributed by atoms with Crippen LogP contribution in [0.25, 0.3) is 11.0 Å². The molecule has 1 aliphatic carbocycles. The highest BCUT2D eigenvalue weighted by atomic mass is 32.2. The van der Waals surface area contributed by atoms with Crippen LogP contribution >= 0.6 is 0 Å². The van der Waals surface area contributed by atoms with Gasteiger partial charge in [0.05, 0.1) is 21.8 Å². The standard InChI is InChI=1S/C27H40F2N4O3S/c1-18(2)30-24(34)20-7-6-14-32(17-20)37(35,36)21-8-9-23-22(15-21)31-25(26(3,4)5)33(23)16-19-10-12-27(28,29)13-11-19/h8-9,15,18-20H,6-7,10-14,16-17H2,1-5H3,(H,30,34)/t20-/m0/s1. The van der Waals surface area contributed by atoms with Crippen molar-refractivity contribution in [1.29, 1.82) is 0 Å². The van der Waals surface area contributed by atoms with Crippen molar-refractivity contribution in [3.05, 3.63) is 24.0 Å². The molecular weight excluding hydrogens is 498 g/mol. The first-order valence-electron chi connectivity index (χ1n) is 13.4. The quantitative estimate of drug-likeness (QED) is 0.556. The third kappa shape index (κ3) is 6.16. The number of sulfonamides is 1. The largest absolute Gasteiger partial charge is 0.354 e. The van der Waals surface area contributed by atoms with E-state index in [1.54, 1.807) is 18.2 Å². The highest BCUT2D eigenvalue weighted by Gasteiger charge is 2.37. The smallest absolute Gasteiger partial charge is 0.248 e. The Morgan fingerprint density at radius 2 is 1.86 bits per heavy atom. The Labute approximate surface area is 219 Å². The van der Waals surface area contributed by atoms with Gasteiger partial charge in [-0.05, 0) is 63.6 Å². The predicted molar refractivity (Wildman–Crippen MR) is 140 cm³/mol. The molecule has 2 aliphatic rings. The normalized spacial score (nSPS) is 22.0. The first kappa shape index (κ1) is 28.0. The Hall–Kier alpha value is -2.07. The molecule has 0 unspecified atom stereocenters. The molecule has 206 valence electrons. The monoisotopic (exact) mass is 538 g/mol. The van der Waals surface area contributed by atoms with Crippen LogP contribution < -0.4 is 5.32 Å². The minimum absolute atomic E-state index is 0.000820. The van der Waals surface area contributed by atoms with Gasteiger partial charge in [0.1, 0.15) is 5.82 Å². The summed E-state index contributed by atoms with van der Waals surface area (Å²) in [4.78, 5) is 17.5. The van der Waals surface area contributed by atoms with Gasteiger partial charge in [-0.1, -0.05) is 20.8 Å². The second kappa shape index (κ2) is 10.2. The van der Waals surface area contributed by atoms with Gasteiger partial charge in [0, 0.05) is 43.9 Å². The number of imidazole rings is 1. The molecule has 0 radical (unpaired) electrons.